The summed E-state index contributed by atoms with van der Waals surface area (Å²) >= 11 is 0. The summed E-state index contributed by atoms with van der Waals surface area (Å²) in [5, 5.41) is 0. The lowest BCUT2D eigenvalue weighted by atomic mass is 10.0. The first-order chi connectivity index (χ1) is 19.2. The van der Waals surface area contributed by atoms with Gasteiger partial charge < -0.3 is 24.0 Å². The van der Waals surface area contributed by atoms with Gasteiger partial charge in [-0.3, -0.25) is 4.79 Å². The molecule has 0 atom stereocenters. The number of ether oxygens (including phenoxy) is 3. The molecule has 4 rings (SSSR count). The molecule has 10 heteroatoms. The van der Waals surface area contributed by atoms with Crippen LogP contribution in [0.4, 0.5) is 24.5 Å². The topological polar surface area (TPSA) is 68.3 Å². The zero-order chi connectivity index (χ0) is 28.5. The van der Waals surface area contributed by atoms with Crippen LogP contribution in [0.25, 0.3) is 11.1 Å². The summed E-state index contributed by atoms with van der Waals surface area (Å²) in [4.78, 5) is 28.8. The van der Waals surface area contributed by atoms with Crippen LogP contribution in [0, 0.1) is 0 Å². The molecule has 1 saturated heterocycles. The second kappa shape index (κ2) is 13.3. The number of amides is 1. The highest BCUT2D eigenvalue weighted by molar-refractivity contribution is 6.38. The first-order valence-corrected chi connectivity index (χ1v) is 13.0. The molecule has 0 N–H and O–H groups in total. The van der Waals surface area contributed by atoms with E-state index in [-0.39, 0.29) is 12.3 Å². The Balaban J connectivity index is 1.64. The van der Waals surface area contributed by atoms with Crippen LogP contribution in [0.2, 0.25) is 0 Å². The maximum atomic E-state index is 13.1. The van der Waals surface area contributed by atoms with E-state index in [1.807, 2.05) is 36.4 Å². The Morgan fingerprint density at radius 1 is 0.950 bits per heavy atom. The molecule has 1 aliphatic heterocycles. The third-order valence-electron chi connectivity index (χ3n) is 6.59. The van der Waals surface area contributed by atoms with Crippen LogP contribution in [0.15, 0.2) is 72.8 Å². The maximum absolute atomic E-state index is 13.1. The number of unbranched alkanes of at least 4 members (excludes halogenated alkanes) is 1. The third-order valence-corrected chi connectivity index (χ3v) is 6.59. The fourth-order valence-electron chi connectivity index (χ4n) is 4.63. The van der Waals surface area contributed by atoms with Crippen molar-refractivity contribution in [1.82, 2.24) is 0 Å². The van der Waals surface area contributed by atoms with Gasteiger partial charge in [0.1, 0.15) is 5.75 Å². The largest absolute Gasteiger partial charge is 0.573 e. The molecule has 1 heterocycles. The monoisotopic (exact) mass is 556 g/mol. The van der Waals surface area contributed by atoms with E-state index >= 15 is 0 Å². The minimum Gasteiger partial charge on any atom is -0.462 e. The SMILES string of the molecule is COC(=O)C(=O)N(CCCCc1ccccc1)c1ccc(N2CCOCC2)c(-c2ccc(OC(F)(F)F)cc2)c1. The molecule has 0 unspecified atom stereocenters. The number of hydrogen-bond donors (Lipinski definition) is 0. The Morgan fingerprint density at radius 3 is 2.30 bits per heavy atom. The van der Waals surface area contributed by atoms with Crippen molar-refractivity contribution in [1.29, 1.82) is 0 Å². The number of hydrogen-bond acceptors (Lipinski definition) is 6. The Bertz CT molecular complexity index is 1280. The maximum Gasteiger partial charge on any atom is 0.573 e. The minimum atomic E-state index is -4.80. The number of anilines is 2. The second-order valence-corrected chi connectivity index (χ2v) is 9.26. The van der Waals surface area contributed by atoms with E-state index in [1.54, 1.807) is 12.1 Å². The summed E-state index contributed by atoms with van der Waals surface area (Å²) in [5.41, 5.74) is 3.84. The normalized spacial score (nSPS) is 13.6. The summed E-state index contributed by atoms with van der Waals surface area (Å²) < 4.78 is 52.3. The number of halogens is 3. The standard InChI is InChI=1S/C30H31F3N2O5/c1-38-29(37)28(36)35(16-6-5-9-22-7-3-2-4-8-22)24-12-15-27(34-17-19-39-20-18-34)26(21-24)23-10-13-25(14-11-23)40-30(31,32)33/h2-4,7-8,10-15,21H,5-6,9,16-20H2,1H3. The number of esters is 1. The number of alkyl halides is 3. The molecule has 1 fully saturated rings. The average molecular weight is 557 g/mol. The fourth-order valence-corrected chi connectivity index (χ4v) is 4.63. The van der Waals surface area contributed by atoms with E-state index in [1.165, 1.54) is 34.7 Å². The van der Waals surface area contributed by atoms with Gasteiger partial charge in [-0.05, 0) is 60.7 Å². The molecule has 1 aliphatic rings. The van der Waals surface area contributed by atoms with Crippen molar-refractivity contribution >= 4 is 23.3 Å². The van der Waals surface area contributed by atoms with Crippen molar-refractivity contribution < 1.29 is 37.0 Å². The van der Waals surface area contributed by atoms with Gasteiger partial charge in [-0.15, -0.1) is 13.2 Å². The van der Waals surface area contributed by atoms with Crippen molar-refractivity contribution in [2.24, 2.45) is 0 Å². The third kappa shape index (κ3) is 7.75. The van der Waals surface area contributed by atoms with Gasteiger partial charge in [0, 0.05) is 36.6 Å². The molecule has 0 spiro atoms. The van der Waals surface area contributed by atoms with E-state index in [2.05, 4.69) is 9.64 Å². The molecular weight excluding hydrogens is 525 g/mol. The van der Waals surface area contributed by atoms with Gasteiger partial charge in [0.2, 0.25) is 0 Å². The first-order valence-electron chi connectivity index (χ1n) is 13.0. The van der Waals surface area contributed by atoms with Crippen molar-refractivity contribution in [3.05, 3.63) is 78.4 Å². The van der Waals surface area contributed by atoms with Crippen LogP contribution in [-0.4, -0.2) is 58.2 Å². The van der Waals surface area contributed by atoms with Gasteiger partial charge in [0.05, 0.1) is 20.3 Å². The Labute approximate surface area is 231 Å². The Morgan fingerprint density at radius 2 is 1.65 bits per heavy atom. The number of carbonyl (C=O) groups is 2. The number of nitrogens with zero attached hydrogens (tertiary/aromatic N) is 2. The molecule has 0 radical (unpaired) electrons. The predicted octanol–water partition coefficient (Wildman–Crippen LogP) is 5.62. The van der Waals surface area contributed by atoms with Gasteiger partial charge in [-0.1, -0.05) is 42.5 Å². The smallest absolute Gasteiger partial charge is 0.462 e. The molecule has 1 amide bonds. The van der Waals surface area contributed by atoms with Crippen molar-refractivity contribution in [2.45, 2.75) is 25.6 Å². The molecule has 0 aromatic heterocycles. The Kier molecular flexibility index (Phi) is 9.65. The minimum absolute atomic E-state index is 0.287. The van der Waals surface area contributed by atoms with Crippen LogP contribution in [0.1, 0.15) is 18.4 Å². The zero-order valence-corrected chi connectivity index (χ0v) is 22.2. The van der Waals surface area contributed by atoms with Gasteiger partial charge in [-0.25, -0.2) is 4.79 Å². The second-order valence-electron chi connectivity index (χ2n) is 9.26. The summed E-state index contributed by atoms with van der Waals surface area (Å²) in [6, 6.07) is 21.0. The number of benzene rings is 3. The summed E-state index contributed by atoms with van der Waals surface area (Å²) in [7, 11) is 1.16. The molecule has 7 nitrogen and oxygen atoms in total. The summed E-state index contributed by atoms with van der Waals surface area (Å²) in [6.45, 7) is 2.62. The van der Waals surface area contributed by atoms with E-state index in [9.17, 15) is 22.8 Å². The van der Waals surface area contributed by atoms with E-state index in [0.717, 1.165) is 25.6 Å². The Hall–Kier alpha value is -4.05. The highest BCUT2D eigenvalue weighted by atomic mass is 19.4. The van der Waals surface area contributed by atoms with Gasteiger partial charge in [0.25, 0.3) is 0 Å². The summed E-state index contributed by atoms with van der Waals surface area (Å²) in [6.07, 6.45) is -2.53. The highest BCUT2D eigenvalue weighted by Gasteiger charge is 2.31. The van der Waals surface area contributed by atoms with Gasteiger partial charge in [0.15, 0.2) is 0 Å². The van der Waals surface area contributed by atoms with E-state index in [0.29, 0.717) is 49.5 Å². The quantitative estimate of drug-likeness (QED) is 0.194. The number of carbonyl (C=O) groups excluding carboxylic acids is 2. The lowest BCUT2D eigenvalue weighted by Gasteiger charge is -2.32. The van der Waals surface area contributed by atoms with Crippen molar-refractivity contribution in [3.63, 3.8) is 0 Å². The number of methoxy groups -OCH3 is 1. The lowest BCUT2D eigenvalue weighted by molar-refractivity contribution is -0.274. The first kappa shape index (κ1) is 28.9. The predicted molar refractivity (Wildman–Crippen MR) is 145 cm³/mol. The van der Waals surface area contributed by atoms with Gasteiger partial charge >= 0.3 is 18.2 Å². The van der Waals surface area contributed by atoms with Crippen molar-refractivity contribution in [2.75, 3.05) is 49.8 Å². The number of morpholine rings is 1. The van der Waals surface area contributed by atoms with Crippen LogP contribution >= 0.6 is 0 Å². The molecule has 212 valence electrons. The molecule has 3 aromatic carbocycles. The van der Waals surface area contributed by atoms with Crippen LogP contribution in [-0.2, 0) is 25.5 Å². The highest BCUT2D eigenvalue weighted by Crippen LogP contribution is 2.36. The lowest BCUT2D eigenvalue weighted by Crippen LogP contribution is -2.38. The van der Waals surface area contributed by atoms with Crippen LogP contribution in [0.5, 0.6) is 5.75 Å². The van der Waals surface area contributed by atoms with Crippen molar-refractivity contribution in [3.8, 4) is 16.9 Å². The van der Waals surface area contributed by atoms with Crippen LogP contribution < -0.4 is 14.5 Å². The van der Waals surface area contributed by atoms with Gasteiger partial charge in [-0.2, -0.15) is 0 Å². The molecule has 40 heavy (non-hydrogen) atoms. The number of rotatable bonds is 9. The van der Waals surface area contributed by atoms with E-state index < -0.39 is 18.2 Å². The molecule has 0 saturated carbocycles. The van der Waals surface area contributed by atoms with E-state index in [4.69, 9.17) is 9.47 Å². The average Bonchev–Trinajstić information content (AvgIpc) is 2.97. The molecule has 0 aliphatic carbocycles. The zero-order valence-electron chi connectivity index (χ0n) is 22.2. The molecule has 0 bridgehead atoms. The fraction of sp³-hybridized carbons (Fsp3) is 0.333. The summed E-state index contributed by atoms with van der Waals surface area (Å²) in [5.74, 6) is -2.10. The molecule has 3 aromatic rings. The number of aryl methyl sites for hydroxylation is 1. The van der Waals surface area contributed by atoms with Crippen LogP contribution in [0.3, 0.4) is 0 Å². The molecular formula is C30H31F3N2O5.